The maximum Gasteiger partial charge on any atom is 0.140 e. The summed E-state index contributed by atoms with van der Waals surface area (Å²) in [6.07, 6.45) is 1.64. The van der Waals surface area contributed by atoms with Gasteiger partial charge in [0.2, 0.25) is 0 Å². The van der Waals surface area contributed by atoms with Crippen LogP contribution in [0.3, 0.4) is 0 Å². The molecule has 0 spiro atoms. The molecule has 0 fully saturated rings. The van der Waals surface area contributed by atoms with Crippen molar-refractivity contribution in [3.8, 4) is 0 Å². The summed E-state index contributed by atoms with van der Waals surface area (Å²) in [6.45, 7) is 3.89. The van der Waals surface area contributed by atoms with Gasteiger partial charge in [0.1, 0.15) is 12.1 Å². The Balaban J connectivity index is 2.03. The number of nitrogens with zero attached hydrogens (tertiary/aromatic N) is 3. The Morgan fingerprint density at radius 3 is 2.57 bits per heavy atom. The van der Waals surface area contributed by atoms with Gasteiger partial charge in [-0.2, -0.15) is 0 Å². The second kappa shape index (κ2) is 6.22. The number of hydrogen-bond donors (Lipinski definition) is 0. The van der Waals surface area contributed by atoms with E-state index in [2.05, 4.69) is 68.1 Å². The fourth-order valence-corrected chi connectivity index (χ4v) is 2.90. The highest BCUT2D eigenvalue weighted by Gasteiger charge is 2.12. The molecule has 0 bridgehead atoms. The van der Waals surface area contributed by atoms with Crippen LogP contribution in [0.1, 0.15) is 12.5 Å². The zero-order chi connectivity index (χ0) is 14.7. The molecule has 0 saturated carbocycles. The molecular formula is C17H16BrN3. The second-order valence-electron chi connectivity index (χ2n) is 4.83. The van der Waals surface area contributed by atoms with Crippen LogP contribution in [-0.2, 0) is 6.54 Å². The van der Waals surface area contributed by atoms with Crippen LogP contribution in [0.2, 0.25) is 0 Å². The van der Waals surface area contributed by atoms with E-state index in [9.17, 15) is 0 Å². The summed E-state index contributed by atoms with van der Waals surface area (Å²) in [6, 6.07) is 16.6. The van der Waals surface area contributed by atoms with Crippen molar-refractivity contribution in [2.75, 3.05) is 11.4 Å². The van der Waals surface area contributed by atoms with Gasteiger partial charge in [0.25, 0.3) is 0 Å². The summed E-state index contributed by atoms with van der Waals surface area (Å²) >= 11 is 3.56. The maximum atomic E-state index is 4.51. The van der Waals surface area contributed by atoms with E-state index in [1.54, 1.807) is 6.33 Å². The lowest BCUT2D eigenvalue weighted by Crippen LogP contribution is -2.23. The van der Waals surface area contributed by atoms with Crippen molar-refractivity contribution >= 4 is 32.7 Å². The third-order valence-corrected chi connectivity index (χ3v) is 4.13. The van der Waals surface area contributed by atoms with Crippen LogP contribution >= 0.6 is 15.9 Å². The molecule has 0 aliphatic heterocycles. The highest BCUT2D eigenvalue weighted by Crippen LogP contribution is 2.28. The molecule has 4 heteroatoms. The van der Waals surface area contributed by atoms with Crippen LogP contribution in [0.25, 0.3) is 10.9 Å². The second-order valence-corrected chi connectivity index (χ2v) is 5.69. The first-order valence-corrected chi connectivity index (χ1v) is 7.77. The number of rotatable bonds is 4. The van der Waals surface area contributed by atoms with Crippen molar-refractivity contribution in [2.24, 2.45) is 0 Å². The van der Waals surface area contributed by atoms with Crippen LogP contribution in [0.5, 0.6) is 0 Å². The van der Waals surface area contributed by atoms with Crippen molar-refractivity contribution in [2.45, 2.75) is 13.5 Å². The molecule has 1 heterocycles. The quantitative estimate of drug-likeness (QED) is 0.703. The van der Waals surface area contributed by atoms with Gasteiger partial charge in [-0.25, -0.2) is 9.97 Å². The summed E-state index contributed by atoms with van der Waals surface area (Å²) in [5.41, 5.74) is 2.23. The van der Waals surface area contributed by atoms with E-state index in [0.717, 1.165) is 34.3 Å². The Labute approximate surface area is 132 Å². The Hall–Kier alpha value is -1.94. The lowest BCUT2D eigenvalue weighted by molar-refractivity contribution is 0.816. The molecule has 106 valence electrons. The minimum absolute atomic E-state index is 0.843. The molecule has 0 radical (unpaired) electrons. The van der Waals surface area contributed by atoms with Crippen molar-refractivity contribution in [3.05, 3.63) is 64.9 Å². The normalized spacial score (nSPS) is 10.8. The van der Waals surface area contributed by atoms with E-state index in [4.69, 9.17) is 0 Å². The topological polar surface area (TPSA) is 29.0 Å². The number of halogens is 1. The lowest BCUT2D eigenvalue weighted by Gasteiger charge is -2.23. The van der Waals surface area contributed by atoms with Crippen molar-refractivity contribution in [1.82, 2.24) is 9.97 Å². The first-order valence-electron chi connectivity index (χ1n) is 6.97. The van der Waals surface area contributed by atoms with Gasteiger partial charge in [-0.05, 0) is 40.5 Å². The van der Waals surface area contributed by atoms with Crippen LogP contribution in [0.15, 0.2) is 59.3 Å². The minimum atomic E-state index is 0.843. The average molecular weight is 342 g/mol. The highest BCUT2D eigenvalue weighted by atomic mass is 79.9. The van der Waals surface area contributed by atoms with E-state index in [-0.39, 0.29) is 0 Å². The van der Waals surface area contributed by atoms with Gasteiger partial charge < -0.3 is 4.90 Å². The lowest BCUT2D eigenvalue weighted by atomic mass is 10.2. The minimum Gasteiger partial charge on any atom is -0.352 e. The van der Waals surface area contributed by atoms with Gasteiger partial charge in [0.05, 0.1) is 5.52 Å². The van der Waals surface area contributed by atoms with E-state index in [1.807, 2.05) is 18.2 Å². The van der Waals surface area contributed by atoms with Crippen LogP contribution in [-0.4, -0.2) is 16.5 Å². The molecule has 0 aliphatic carbocycles. The van der Waals surface area contributed by atoms with Gasteiger partial charge in [-0.1, -0.05) is 36.4 Å². The summed E-state index contributed by atoms with van der Waals surface area (Å²) in [7, 11) is 0. The molecule has 21 heavy (non-hydrogen) atoms. The van der Waals surface area contributed by atoms with Gasteiger partial charge in [-0.15, -0.1) is 0 Å². The molecule has 3 nitrogen and oxygen atoms in total. The van der Waals surface area contributed by atoms with Gasteiger partial charge >= 0.3 is 0 Å². The standard InChI is InChI=1S/C17H16BrN3/c1-2-21(11-13-7-4-3-5-8-13)17-14-9-6-10-15(18)16(14)19-12-20-17/h3-10,12H,2,11H2,1H3. The zero-order valence-electron chi connectivity index (χ0n) is 11.8. The molecule has 3 aromatic rings. The summed E-state index contributed by atoms with van der Waals surface area (Å²) in [5, 5.41) is 1.07. The molecule has 0 amide bonds. The number of para-hydroxylation sites is 1. The average Bonchev–Trinajstić information content (AvgIpc) is 2.54. The molecule has 1 aromatic heterocycles. The van der Waals surface area contributed by atoms with Crippen LogP contribution in [0.4, 0.5) is 5.82 Å². The fraction of sp³-hybridized carbons (Fsp3) is 0.176. The summed E-state index contributed by atoms with van der Waals surface area (Å²) < 4.78 is 0.999. The molecule has 0 atom stereocenters. The number of aromatic nitrogens is 2. The van der Waals surface area contributed by atoms with E-state index < -0.39 is 0 Å². The Bertz CT molecular complexity index is 743. The largest absolute Gasteiger partial charge is 0.352 e. The third kappa shape index (κ3) is 2.90. The van der Waals surface area contributed by atoms with Gasteiger partial charge in [-0.3, -0.25) is 0 Å². The Morgan fingerprint density at radius 2 is 1.81 bits per heavy atom. The first-order chi connectivity index (χ1) is 10.3. The summed E-state index contributed by atoms with van der Waals surface area (Å²) in [5.74, 6) is 0.979. The van der Waals surface area contributed by atoms with E-state index >= 15 is 0 Å². The maximum absolute atomic E-state index is 4.51. The smallest absolute Gasteiger partial charge is 0.140 e. The van der Waals surface area contributed by atoms with E-state index in [1.165, 1.54) is 5.56 Å². The number of benzene rings is 2. The number of anilines is 1. The highest BCUT2D eigenvalue weighted by molar-refractivity contribution is 9.10. The third-order valence-electron chi connectivity index (χ3n) is 3.49. The van der Waals surface area contributed by atoms with Crippen LogP contribution < -0.4 is 4.90 Å². The predicted octanol–water partition coefficient (Wildman–Crippen LogP) is 4.42. The van der Waals surface area contributed by atoms with Crippen molar-refractivity contribution in [3.63, 3.8) is 0 Å². The monoisotopic (exact) mass is 341 g/mol. The predicted molar refractivity (Wildman–Crippen MR) is 90.4 cm³/mol. The molecule has 2 aromatic carbocycles. The van der Waals surface area contributed by atoms with Crippen LogP contribution in [0, 0.1) is 0 Å². The van der Waals surface area contributed by atoms with E-state index in [0.29, 0.717) is 0 Å². The number of hydrogen-bond acceptors (Lipinski definition) is 3. The van der Waals surface area contributed by atoms with Gasteiger partial charge in [0, 0.05) is 22.9 Å². The molecule has 0 saturated heterocycles. The Morgan fingerprint density at radius 1 is 1.00 bits per heavy atom. The fourth-order valence-electron chi connectivity index (χ4n) is 2.43. The van der Waals surface area contributed by atoms with Crippen molar-refractivity contribution in [1.29, 1.82) is 0 Å². The Kier molecular flexibility index (Phi) is 4.15. The first kappa shape index (κ1) is 14.0. The number of fused-ring (bicyclic) bond motifs is 1. The SMILES string of the molecule is CCN(Cc1ccccc1)c1ncnc2c(Br)cccc12. The molecule has 0 unspecified atom stereocenters. The zero-order valence-corrected chi connectivity index (χ0v) is 13.4. The van der Waals surface area contributed by atoms with Gasteiger partial charge in [0.15, 0.2) is 0 Å². The molecule has 0 N–H and O–H groups in total. The summed E-state index contributed by atoms with van der Waals surface area (Å²) in [4.78, 5) is 11.2. The molecule has 3 rings (SSSR count). The van der Waals surface area contributed by atoms with Crippen molar-refractivity contribution < 1.29 is 0 Å². The molecule has 0 aliphatic rings. The molecular weight excluding hydrogens is 326 g/mol.